The van der Waals surface area contributed by atoms with Crippen LogP contribution in [0.2, 0.25) is 0 Å². The fourth-order valence-electron chi connectivity index (χ4n) is 2.23. The number of carbonyl (C=O) groups is 1. The summed E-state index contributed by atoms with van der Waals surface area (Å²) in [6.45, 7) is 8.11. The zero-order chi connectivity index (χ0) is 17.0. The molecule has 2 rings (SSSR count). The highest BCUT2D eigenvalue weighted by Crippen LogP contribution is 2.27. The van der Waals surface area contributed by atoms with Gasteiger partial charge in [-0.1, -0.05) is 26.0 Å². The Morgan fingerprint density at radius 3 is 2.70 bits per heavy atom. The Morgan fingerprint density at radius 1 is 1.30 bits per heavy atom. The molecule has 0 saturated heterocycles. The van der Waals surface area contributed by atoms with Crippen LogP contribution in [0.4, 0.5) is 5.82 Å². The number of anilines is 1. The quantitative estimate of drug-likeness (QED) is 0.722. The molecule has 0 saturated carbocycles. The van der Waals surface area contributed by atoms with Gasteiger partial charge in [-0.3, -0.25) is 4.79 Å². The van der Waals surface area contributed by atoms with Crippen molar-refractivity contribution in [2.75, 3.05) is 11.9 Å². The minimum absolute atomic E-state index is 0.0315. The molecule has 1 N–H and O–H groups in total. The van der Waals surface area contributed by atoms with E-state index in [1.807, 2.05) is 26.0 Å². The smallest absolute Gasteiger partial charge is 0.263 e. The van der Waals surface area contributed by atoms with Crippen molar-refractivity contribution in [1.82, 2.24) is 4.98 Å². The molecule has 1 heterocycles. The van der Waals surface area contributed by atoms with E-state index in [4.69, 9.17) is 4.74 Å². The molecule has 0 radical (unpaired) electrons. The van der Waals surface area contributed by atoms with Crippen LogP contribution in [0.15, 0.2) is 30.5 Å². The first-order valence-electron chi connectivity index (χ1n) is 7.52. The van der Waals surface area contributed by atoms with Crippen molar-refractivity contribution >= 4 is 34.3 Å². The fraction of sp³-hybridized carbons (Fsp3) is 0.333. The number of carbonyl (C=O) groups excluding carboxylic acids is 1. The maximum absolute atomic E-state index is 12.1. The van der Waals surface area contributed by atoms with Crippen LogP contribution in [0.1, 0.15) is 36.5 Å². The van der Waals surface area contributed by atoms with Crippen LogP contribution in [0.3, 0.4) is 0 Å². The number of hydrogen-bond acceptors (Lipinski definition) is 3. The van der Waals surface area contributed by atoms with E-state index < -0.39 is 0 Å². The highest BCUT2D eigenvalue weighted by molar-refractivity contribution is 14.1. The molecule has 0 aliphatic heterocycles. The monoisotopic (exact) mass is 424 g/mol. The Morgan fingerprint density at radius 2 is 2.04 bits per heavy atom. The first-order valence-corrected chi connectivity index (χ1v) is 8.60. The zero-order valence-corrected chi connectivity index (χ0v) is 16.0. The molecule has 0 bridgehead atoms. The first kappa shape index (κ1) is 17.7. The summed E-state index contributed by atoms with van der Waals surface area (Å²) in [6, 6.07) is 8.05. The Balaban J connectivity index is 2.03. The van der Waals surface area contributed by atoms with Crippen LogP contribution < -0.4 is 10.1 Å². The van der Waals surface area contributed by atoms with Gasteiger partial charge in [0.2, 0.25) is 0 Å². The molecule has 0 aliphatic carbocycles. The summed E-state index contributed by atoms with van der Waals surface area (Å²) in [4.78, 5) is 16.3. The molecule has 0 fully saturated rings. The molecule has 2 aromatic rings. The summed E-state index contributed by atoms with van der Waals surface area (Å²) in [5.41, 5.74) is 3.15. The second-order valence-corrected chi connectivity index (χ2v) is 7.10. The first-order chi connectivity index (χ1) is 10.9. The van der Waals surface area contributed by atoms with Gasteiger partial charge in [0.05, 0.1) is 0 Å². The number of nitrogens with one attached hydrogen (secondary N) is 1. The average Bonchev–Trinajstić information content (AvgIpc) is 2.48. The second kappa shape index (κ2) is 7.77. The lowest BCUT2D eigenvalue weighted by molar-refractivity contribution is -0.118. The van der Waals surface area contributed by atoms with Crippen LogP contribution in [0.5, 0.6) is 5.75 Å². The van der Waals surface area contributed by atoms with E-state index >= 15 is 0 Å². The zero-order valence-electron chi connectivity index (χ0n) is 13.8. The van der Waals surface area contributed by atoms with Crippen molar-refractivity contribution in [1.29, 1.82) is 0 Å². The van der Waals surface area contributed by atoms with Crippen molar-refractivity contribution in [2.45, 2.75) is 33.6 Å². The second-order valence-electron chi connectivity index (χ2n) is 5.85. The molecular weight excluding hydrogens is 403 g/mol. The molecule has 4 nitrogen and oxygen atoms in total. The van der Waals surface area contributed by atoms with E-state index in [9.17, 15) is 4.79 Å². The third-order valence-corrected chi connectivity index (χ3v) is 4.04. The number of nitrogens with zero attached hydrogens (tertiary/aromatic N) is 1. The van der Waals surface area contributed by atoms with E-state index in [0.717, 1.165) is 26.0 Å². The van der Waals surface area contributed by atoms with Crippen molar-refractivity contribution in [3.05, 3.63) is 50.7 Å². The van der Waals surface area contributed by atoms with Crippen molar-refractivity contribution in [3.63, 3.8) is 0 Å². The molecule has 122 valence electrons. The number of aromatic nitrogens is 1. The van der Waals surface area contributed by atoms with E-state index in [0.29, 0.717) is 11.7 Å². The number of hydrogen-bond donors (Lipinski definition) is 1. The molecule has 0 unspecified atom stereocenters. The summed E-state index contributed by atoms with van der Waals surface area (Å²) < 4.78 is 6.77. The molecule has 23 heavy (non-hydrogen) atoms. The van der Waals surface area contributed by atoms with Gasteiger partial charge in [-0.2, -0.15) is 0 Å². The summed E-state index contributed by atoms with van der Waals surface area (Å²) >= 11 is 2.19. The fourth-order valence-corrected chi connectivity index (χ4v) is 2.83. The van der Waals surface area contributed by atoms with Crippen molar-refractivity contribution < 1.29 is 9.53 Å². The molecule has 5 heteroatoms. The Bertz CT molecular complexity index is 714. The highest BCUT2D eigenvalue weighted by atomic mass is 127. The topological polar surface area (TPSA) is 51.2 Å². The summed E-state index contributed by atoms with van der Waals surface area (Å²) in [5.74, 6) is 1.47. The van der Waals surface area contributed by atoms with Gasteiger partial charge >= 0.3 is 0 Å². The van der Waals surface area contributed by atoms with Gasteiger partial charge in [0, 0.05) is 9.77 Å². The third-order valence-electron chi connectivity index (χ3n) is 3.45. The summed E-state index contributed by atoms with van der Waals surface area (Å²) in [7, 11) is 0. The predicted molar refractivity (Wildman–Crippen MR) is 101 cm³/mol. The Kier molecular flexibility index (Phi) is 5.98. The van der Waals surface area contributed by atoms with Crippen LogP contribution in [-0.4, -0.2) is 17.5 Å². The van der Waals surface area contributed by atoms with E-state index in [1.54, 1.807) is 6.20 Å². The Hall–Kier alpha value is -1.63. The van der Waals surface area contributed by atoms with Crippen LogP contribution in [-0.2, 0) is 4.79 Å². The average molecular weight is 424 g/mol. The van der Waals surface area contributed by atoms with Crippen molar-refractivity contribution in [3.8, 4) is 5.75 Å². The normalized spacial score (nSPS) is 10.7. The number of ether oxygens (including phenoxy) is 1. The number of aryl methyl sites for hydroxylation is 2. The third kappa shape index (κ3) is 4.92. The molecule has 1 aromatic heterocycles. The van der Waals surface area contributed by atoms with Gasteiger partial charge in [0.15, 0.2) is 6.61 Å². The van der Waals surface area contributed by atoms with Crippen molar-refractivity contribution in [2.24, 2.45) is 0 Å². The minimum Gasteiger partial charge on any atom is -0.483 e. The van der Waals surface area contributed by atoms with E-state index in [2.05, 4.69) is 58.9 Å². The number of halogens is 1. The van der Waals surface area contributed by atoms with Crippen LogP contribution in [0.25, 0.3) is 0 Å². The van der Waals surface area contributed by atoms with Gasteiger partial charge in [-0.05, 0) is 71.2 Å². The minimum atomic E-state index is -0.210. The molecule has 0 aliphatic rings. The summed E-state index contributed by atoms with van der Waals surface area (Å²) in [5, 5.41) is 2.79. The van der Waals surface area contributed by atoms with Crippen LogP contribution in [0, 0.1) is 17.4 Å². The predicted octanol–water partition coefficient (Wildman–Crippen LogP) is 4.44. The lowest BCUT2D eigenvalue weighted by Crippen LogP contribution is -2.21. The molecular formula is C18H21IN2O2. The van der Waals surface area contributed by atoms with Gasteiger partial charge in [0.1, 0.15) is 11.6 Å². The van der Waals surface area contributed by atoms with Gasteiger partial charge < -0.3 is 10.1 Å². The lowest BCUT2D eigenvalue weighted by Gasteiger charge is -2.15. The maximum Gasteiger partial charge on any atom is 0.263 e. The Labute approximate surface area is 150 Å². The standard InChI is InChI=1S/C18H21IN2O2/c1-11(2)15-6-5-12(3)7-16(15)23-10-17(22)21-18-13(4)8-14(19)9-20-18/h5-9,11H,10H2,1-4H3,(H,20,21,22). The molecule has 1 amide bonds. The van der Waals surface area contributed by atoms with Gasteiger partial charge in [-0.25, -0.2) is 4.98 Å². The summed E-state index contributed by atoms with van der Waals surface area (Å²) in [6.07, 6.45) is 1.72. The van der Waals surface area contributed by atoms with E-state index in [-0.39, 0.29) is 12.5 Å². The number of benzene rings is 1. The number of pyridine rings is 1. The molecule has 1 aromatic carbocycles. The largest absolute Gasteiger partial charge is 0.483 e. The molecule has 0 atom stereocenters. The SMILES string of the molecule is Cc1ccc(C(C)C)c(OCC(=O)Nc2ncc(I)cc2C)c1. The van der Waals surface area contributed by atoms with E-state index in [1.165, 1.54) is 0 Å². The van der Waals surface area contributed by atoms with Gasteiger partial charge in [-0.15, -0.1) is 0 Å². The lowest BCUT2D eigenvalue weighted by atomic mass is 10.0. The van der Waals surface area contributed by atoms with Crippen LogP contribution >= 0.6 is 22.6 Å². The highest BCUT2D eigenvalue weighted by Gasteiger charge is 2.11. The number of rotatable bonds is 5. The maximum atomic E-state index is 12.1. The number of amides is 1. The molecule has 0 spiro atoms. The van der Waals surface area contributed by atoms with Gasteiger partial charge in [0.25, 0.3) is 5.91 Å².